The number of nitrogens with zero attached hydrogens (tertiary/aromatic N) is 1. The maximum Gasteiger partial charge on any atom is 0.308 e. The Morgan fingerprint density at radius 3 is 2.55 bits per heavy atom. The van der Waals surface area contributed by atoms with Crippen molar-refractivity contribution in [3.05, 3.63) is 0 Å². The largest absolute Gasteiger partial charge is 0.481 e. The van der Waals surface area contributed by atoms with Gasteiger partial charge in [-0.15, -0.1) is 0 Å². The molecule has 1 aliphatic heterocycles. The first kappa shape index (κ1) is 16.5. The minimum Gasteiger partial charge on any atom is -0.481 e. The summed E-state index contributed by atoms with van der Waals surface area (Å²) in [7, 11) is 0. The molecule has 2 amide bonds. The van der Waals surface area contributed by atoms with Crippen LogP contribution in [0.1, 0.15) is 39.5 Å². The highest BCUT2D eigenvalue weighted by atomic mass is 16.4. The second-order valence-electron chi connectivity index (χ2n) is 5.48. The molecule has 0 aromatic heterocycles. The highest BCUT2D eigenvalue weighted by Gasteiger charge is 2.31. The van der Waals surface area contributed by atoms with Crippen LogP contribution < -0.4 is 5.32 Å². The Labute approximate surface area is 119 Å². The molecule has 2 unspecified atom stereocenters. The molecule has 0 aromatic rings. The van der Waals surface area contributed by atoms with Crippen LogP contribution in [-0.2, 0) is 14.4 Å². The Morgan fingerprint density at radius 2 is 1.95 bits per heavy atom. The fraction of sp³-hybridized carbons (Fsp3) is 0.786. The fourth-order valence-corrected chi connectivity index (χ4v) is 2.58. The molecule has 0 aliphatic carbocycles. The van der Waals surface area contributed by atoms with E-state index < -0.39 is 11.9 Å². The summed E-state index contributed by atoms with van der Waals surface area (Å²) in [5.41, 5.74) is 0. The Morgan fingerprint density at radius 1 is 1.25 bits per heavy atom. The lowest BCUT2D eigenvalue weighted by Gasteiger charge is -2.34. The van der Waals surface area contributed by atoms with Crippen molar-refractivity contribution < 1.29 is 19.5 Å². The van der Waals surface area contributed by atoms with Gasteiger partial charge in [0.1, 0.15) is 0 Å². The fourth-order valence-electron chi connectivity index (χ4n) is 2.58. The van der Waals surface area contributed by atoms with Crippen LogP contribution in [0.5, 0.6) is 0 Å². The monoisotopic (exact) mass is 284 g/mol. The van der Waals surface area contributed by atoms with Crippen LogP contribution in [0, 0.1) is 11.8 Å². The smallest absolute Gasteiger partial charge is 0.308 e. The number of carboxylic acids is 1. The number of hydrogen-bond acceptors (Lipinski definition) is 3. The summed E-state index contributed by atoms with van der Waals surface area (Å²) in [5.74, 6) is -1.19. The molecule has 1 heterocycles. The molecule has 1 rings (SSSR count). The van der Waals surface area contributed by atoms with Crippen molar-refractivity contribution in [3.63, 3.8) is 0 Å². The van der Waals surface area contributed by atoms with E-state index in [2.05, 4.69) is 5.32 Å². The maximum atomic E-state index is 12.1. The van der Waals surface area contributed by atoms with Crippen LogP contribution in [0.3, 0.4) is 0 Å². The molecular weight excluding hydrogens is 260 g/mol. The van der Waals surface area contributed by atoms with Crippen LogP contribution in [0.15, 0.2) is 0 Å². The van der Waals surface area contributed by atoms with Crippen molar-refractivity contribution in [2.24, 2.45) is 11.8 Å². The maximum absolute atomic E-state index is 12.1. The molecule has 0 spiro atoms. The molecule has 6 nitrogen and oxygen atoms in total. The molecular formula is C14H24N2O4. The van der Waals surface area contributed by atoms with Gasteiger partial charge in [0, 0.05) is 32.5 Å². The van der Waals surface area contributed by atoms with E-state index >= 15 is 0 Å². The minimum atomic E-state index is -0.836. The summed E-state index contributed by atoms with van der Waals surface area (Å²) >= 11 is 0. The van der Waals surface area contributed by atoms with Crippen LogP contribution in [-0.4, -0.2) is 47.4 Å². The molecule has 1 fully saturated rings. The molecule has 114 valence electrons. The Hall–Kier alpha value is -1.59. The predicted octanol–water partition coefficient (Wildman–Crippen LogP) is 0.862. The van der Waals surface area contributed by atoms with Crippen LogP contribution in [0.25, 0.3) is 0 Å². The van der Waals surface area contributed by atoms with Gasteiger partial charge in [0.05, 0.1) is 5.92 Å². The van der Waals surface area contributed by atoms with Gasteiger partial charge in [0.2, 0.25) is 11.8 Å². The van der Waals surface area contributed by atoms with Crippen LogP contribution in [0.2, 0.25) is 0 Å². The SMILES string of the molecule is CCNC(=O)CCCC(=O)N1CC(C)CC(C(=O)O)C1. The Bertz CT molecular complexity index is 370. The van der Waals surface area contributed by atoms with Crippen LogP contribution in [0.4, 0.5) is 0 Å². The summed E-state index contributed by atoms with van der Waals surface area (Å²) in [6, 6.07) is 0. The van der Waals surface area contributed by atoms with E-state index in [1.165, 1.54) is 0 Å². The van der Waals surface area contributed by atoms with Gasteiger partial charge >= 0.3 is 5.97 Å². The van der Waals surface area contributed by atoms with E-state index in [1.807, 2.05) is 13.8 Å². The lowest BCUT2D eigenvalue weighted by atomic mass is 9.90. The second-order valence-corrected chi connectivity index (χ2v) is 5.48. The van der Waals surface area contributed by atoms with Gasteiger partial charge in [-0.2, -0.15) is 0 Å². The van der Waals surface area contributed by atoms with E-state index in [4.69, 9.17) is 5.11 Å². The molecule has 1 aliphatic rings. The van der Waals surface area contributed by atoms with Gasteiger partial charge in [-0.05, 0) is 25.7 Å². The Kier molecular flexibility index (Phi) is 6.48. The third-order valence-electron chi connectivity index (χ3n) is 3.53. The number of hydrogen-bond donors (Lipinski definition) is 2. The predicted molar refractivity (Wildman–Crippen MR) is 74.0 cm³/mol. The summed E-state index contributed by atoms with van der Waals surface area (Å²) in [5, 5.41) is 11.8. The first-order valence-electron chi connectivity index (χ1n) is 7.21. The zero-order valence-electron chi connectivity index (χ0n) is 12.2. The number of rotatable bonds is 6. The number of carbonyl (C=O) groups excluding carboxylic acids is 2. The molecule has 0 aromatic carbocycles. The van der Waals surface area contributed by atoms with Gasteiger partial charge < -0.3 is 15.3 Å². The van der Waals surface area contributed by atoms with Gasteiger partial charge in [-0.3, -0.25) is 14.4 Å². The van der Waals surface area contributed by atoms with Crippen molar-refractivity contribution >= 4 is 17.8 Å². The molecule has 0 radical (unpaired) electrons. The van der Waals surface area contributed by atoms with E-state index in [1.54, 1.807) is 4.90 Å². The summed E-state index contributed by atoms with van der Waals surface area (Å²) < 4.78 is 0. The highest BCUT2D eigenvalue weighted by Crippen LogP contribution is 2.22. The first-order chi connectivity index (χ1) is 9.43. The topological polar surface area (TPSA) is 86.7 Å². The van der Waals surface area contributed by atoms with Crippen molar-refractivity contribution in [1.82, 2.24) is 10.2 Å². The summed E-state index contributed by atoms with van der Waals surface area (Å²) in [4.78, 5) is 36.0. The minimum absolute atomic E-state index is 0.0456. The zero-order valence-corrected chi connectivity index (χ0v) is 12.2. The number of carboxylic acid groups (broad SMARTS) is 1. The van der Waals surface area contributed by atoms with E-state index in [0.717, 1.165) is 0 Å². The van der Waals surface area contributed by atoms with Gasteiger partial charge in [-0.1, -0.05) is 6.92 Å². The van der Waals surface area contributed by atoms with E-state index in [-0.39, 0.29) is 17.7 Å². The van der Waals surface area contributed by atoms with Gasteiger partial charge in [0.25, 0.3) is 0 Å². The zero-order chi connectivity index (χ0) is 15.1. The molecule has 6 heteroatoms. The average Bonchev–Trinajstić information content (AvgIpc) is 2.38. The van der Waals surface area contributed by atoms with E-state index in [9.17, 15) is 14.4 Å². The number of piperidine rings is 1. The average molecular weight is 284 g/mol. The highest BCUT2D eigenvalue weighted by molar-refractivity contribution is 5.79. The standard InChI is InChI=1S/C14H24N2O4/c1-3-15-12(17)5-4-6-13(18)16-8-10(2)7-11(9-16)14(19)20/h10-11H,3-9H2,1-2H3,(H,15,17)(H,19,20). The Balaban J connectivity index is 2.38. The van der Waals surface area contributed by atoms with Gasteiger partial charge in [-0.25, -0.2) is 0 Å². The number of amides is 2. The molecule has 2 atom stereocenters. The van der Waals surface area contributed by atoms with Crippen molar-refractivity contribution in [2.75, 3.05) is 19.6 Å². The lowest BCUT2D eigenvalue weighted by molar-refractivity contribution is -0.146. The first-order valence-corrected chi connectivity index (χ1v) is 7.21. The molecule has 20 heavy (non-hydrogen) atoms. The van der Waals surface area contributed by atoms with Crippen molar-refractivity contribution in [3.8, 4) is 0 Å². The normalized spacial score (nSPS) is 22.4. The van der Waals surface area contributed by atoms with E-state index in [0.29, 0.717) is 45.3 Å². The van der Waals surface area contributed by atoms with Crippen LogP contribution >= 0.6 is 0 Å². The molecule has 0 bridgehead atoms. The van der Waals surface area contributed by atoms with Crippen molar-refractivity contribution in [1.29, 1.82) is 0 Å². The third kappa shape index (κ3) is 5.19. The molecule has 1 saturated heterocycles. The summed E-state index contributed by atoms with van der Waals surface area (Å²) in [6.45, 7) is 5.31. The van der Waals surface area contributed by atoms with Crippen molar-refractivity contribution in [2.45, 2.75) is 39.5 Å². The number of nitrogens with one attached hydrogen (secondary N) is 1. The van der Waals surface area contributed by atoms with Gasteiger partial charge in [0.15, 0.2) is 0 Å². The summed E-state index contributed by atoms with van der Waals surface area (Å²) in [6.07, 6.45) is 1.77. The number of carbonyl (C=O) groups is 3. The number of aliphatic carboxylic acids is 1. The third-order valence-corrected chi connectivity index (χ3v) is 3.53. The molecule has 2 N–H and O–H groups in total. The quantitative estimate of drug-likeness (QED) is 0.757. The molecule has 0 saturated carbocycles. The second kappa shape index (κ2) is 7.87. The number of likely N-dealkylation sites (tertiary alicyclic amines) is 1. The lowest BCUT2D eigenvalue weighted by Crippen LogP contribution is -2.45.